The molecule has 0 saturated heterocycles. The summed E-state index contributed by atoms with van der Waals surface area (Å²) in [6.07, 6.45) is 3.55. The smallest absolute Gasteiger partial charge is 0.240 e. The third-order valence-electron chi connectivity index (χ3n) is 5.65. The summed E-state index contributed by atoms with van der Waals surface area (Å²) in [4.78, 5) is 13.4. The highest BCUT2D eigenvalue weighted by atomic mass is 32.2. The monoisotopic (exact) mass is 385 g/mol. The molecule has 0 amide bonds. The van der Waals surface area contributed by atoms with E-state index in [2.05, 4.69) is 4.72 Å². The van der Waals surface area contributed by atoms with Crippen molar-refractivity contribution in [1.82, 2.24) is 4.72 Å². The molecular weight excluding hydrogens is 358 g/mol. The summed E-state index contributed by atoms with van der Waals surface area (Å²) in [6.45, 7) is 3.78. The molecule has 1 aliphatic rings. The molecule has 1 fully saturated rings. The standard InChI is InChI=1S/C22H27NO3S/c1-3-21(24)22(18-9-5-4-6-10-18)16-8-7-11-20(22)23-27(25,26)19-14-12-17(2)13-15-19/h4-6,9-10,12-15,20,23H,3,7-8,11,16H2,1-2H3/t20-,22+/m0/s1. The second-order valence-electron chi connectivity index (χ2n) is 7.35. The van der Waals surface area contributed by atoms with Crippen LogP contribution in [0.15, 0.2) is 59.5 Å². The molecule has 0 bridgehead atoms. The zero-order chi connectivity index (χ0) is 19.5. The van der Waals surface area contributed by atoms with Crippen molar-refractivity contribution in [2.24, 2.45) is 0 Å². The quantitative estimate of drug-likeness (QED) is 0.813. The molecule has 2 atom stereocenters. The number of sulfonamides is 1. The minimum absolute atomic E-state index is 0.102. The summed E-state index contributed by atoms with van der Waals surface area (Å²) in [5, 5.41) is 0. The fourth-order valence-electron chi connectivity index (χ4n) is 4.20. The summed E-state index contributed by atoms with van der Waals surface area (Å²) in [7, 11) is -3.70. The molecular formula is C22H27NO3S. The van der Waals surface area contributed by atoms with Gasteiger partial charge in [0.1, 0.15) is 5.78 Å². The van der Waals surface area contributed by atoms with Gasteiger partial charge in [0.25, 0.3) is 0 Å². The molecule has 27 heavy (non-hydrogen) atoms. The maximum Gasteiger partial charge on any atom is 0.240 e. The van der Waals surface area contributed by atoms with Crippen LogP contribution in [0.5, 0.6) is 0 Å². The highest BCUT2D eigenvalue weighted by Crippen LogP contribution is 2.42. The summed E-state index contributed by atoms with van der Waals surface area (Å²) in [6, 6.07) is 16.0. The van der Waals surface area contributed by atoms with Crippen molar-refractivity contribution >= 4 is 15.8 Å². The number of aryl methyl sites for hydroxylation is 1. The summed E-state index contributed by atoms with van der Waals surface area (Å²) in [5.41, 5.74) is 1.12. The lowest BCUT2D eigenvalue weighted by Crippen LogP contribution is -2.56. The van der Waals surface area contributed by atoms with Crippen LogP contribution < -0.4 is 4.72 Å². The van der Waals surface area contributed by atoms with Gasteiger partial charge in [-0.1, -0.05) is 67.8 Å². The largest absolute Gasteiger partial charge is 0.299 e. The van der Waals surface area contributed by atoms with E-state index in [1.54, 1.807) is 24.3 Å². The maximum absolute atomic E-state index is 13.1. The van der Waals surface area contributed by atoms with E-state index in [0.717, 1.165) is 24.0 Å². The lowest BCUT2D eigenvalue weighted by Gasteiger charge is -2.43. The lowest BCUT2D eigenvalue weighted by atomic mass is 9.63. The molecule has 0 aliphatic heterocycles. The molecule has 2 aromatic rings. The van der Waals surface area contributed by atoms with Gasteiger partial charge in [-0.15, -0.1) is 0 Å². The van der Waals surface area contributed by atoms with Crippen LogP contribution in [0.4, 0.5) is 0 Å². The molecule has 0 aromatic heterocycles. The predicted octanol–water partition coefficient (Wildman–Crippen LogP) is 4.13. The molecule has 0 radical (unpaired) electrons. The highest BCUT2D eigenvalue weighted by Gasteiger charge is 2.48. The average Bonchev–Trinajstić information content (AvgIpc) is 2.68. The maximum atomic E-state index is 13.1. The minimum Gasteiger partial charge on any atom is -0.299 e. The third-order valence-corrected chi connectivity index (χ3v) is 7.13. The van der Waals surface area contributed by atoms with Gasteiger partial charge in [-0.05, 0) is 37.5 Å². The molecule has 1 N–H and O–H groups in total. The number of carbonyl (C=O) groups excluding carboxylic acids is 1. The number of ketones is 1. The molecule has 0 heterocycles. The van der Waals surface area contributed by atoms with Gasteiger partial charge in [0.15, 0.2) is 0 Å². The molecule has 0 spiro atoms. The third kappa shape index (κ3) is 3.85. The minimum atomic E-state index is -3.70. The summed E-state index contributed by atoms with van der Waals surface area (Å²) < 4.78 is 28.9. The van der Waals surface area contributed by atoms with E-state index in [1.807, 2.05) is 44.2 Å². The van der Waals surface area contributed by atoms with E-state index < -0.39 is 21.5 Å². The first-order valence-electron chi connectivity index (χ1n) is 9.58. The first-order chi connectivity index (χ1) is 12.9. The first-order valence-corrected chi connectivity index (χ1v) is 11.1. The Morgan fingerprint density at radius 1 is 1.07 bits per heavy atom. The number of Topliss-reactive ketones (excluding diaryl/α,β-unsaturated/α-hetero) is 1. The molecule has 5 heteroatoms. The van der Waals surface area contributed by atoms with Gasteiger partial charge in [0.05, 0.1) is 10.3 Å². The van der Waals surface area contributed by atoms with Crippen LogP contribution in [0.1, 0.15) is 50.2 Å². The van der Waals surface area contributed by atoms with E-state index in [0.29, 0.717) is 19.3 Å². The number of rotatable bonds is 6. The lowest BCUT2D eigenvalue weighted by molar-refractivity contribution is -0.126. The van der Waals surface area contributed by atoms with Crippen molar-refractivity contribution in [3.63, 3.8) is 0 Å². The van der Waals surface area contributed by atoms with Crippen molar-refractivity contribution in [2.75, 3.05) is 0 Å². The Labute approximate surface area is 162 Å². The number of carbonyl (C=O) groups is 1. The SMILES string of the molecule is CCC(=O)[C@@]1(c2ccccc2)CCCC[C@@H]1NS(=O)(=O)c1ccc(C)cc1. The van der Waals surface area contributed by atoms with E-state index in [4.69, 9.17) is 0 Å². The number of nitrogens with one attached hydrogen (secondary N) is 1. The van der Waals surface area contributed by atoms with Crippen LogP contribution in [-0.2, 0) is 20.2 Å². The second-order valence-corrected chi connectivity index (χ2v) is 9.06. The Morgan fingerprint density at radius 3 is 2.37 bits per heavy atom. The van der Waals surface area contributed by atoms with Gasteiger partial charge in [-0.3, -0.25) is 4.79 Å². The van der Waals surface area contributed by atoms with Crippen molar-refractivity contribution < 1.29 is 13.2 Å². The van der Waals surface area contributed by atoms with Crippen LogP contribution in [0.2, 0.25) is 0 Å². The molecule has 4 nitrogen and oxygen atoms in total. The van der Waals surface area contributed by atoms with Gasteiger partial charge in [0, 0.05) is 12.5 Å². The molecule has 1 aliphatic carbocycles. The molecule has 0 unspecified atom stereocenters. The van der Waals surface area contributed by atoms with Gasteiger partial charge in [-0.2, -0.15) is 0 Å². The highest BCUT2D eigenvalue weighted by molar-refractivity contribution is 7.89. The molecule has 2 aromatic carbocycles. The Bertz CT molecular complexity index is 891. The van der Waals surface area contributed by atoms with Crippen molar-refractivity contribution in [3.05, 3.63) is 65.7 Å². The topological polar surface area (TPSA) is 63.2 Å². The Hall–Kier alpha value is -1.98. The number of benzene rings is 2. The van der Waals surface area contributed by atoms with Crippen LogP contribution >= 0.6 is 0 Å². The van der Waals surface area contributed by atoms with E-state index in [9.17, 15) is 13.2 Å². The van der Waals surface area contributed by atoms with Crippen molar-refractivity contribution in [3.8, 4) is 0 Å². The second kappa shape index (κ2) is 7.95. The van der Waals surface area contributed by atoms with Crippen LogP contribution in [0.25, 0.3) is 0 Å². The van der Waals surface area contributed by atoms with Gasteiger partial charge >= 0.3 is 0 Å². The fraction of sp³-hybridized carbons (Fsp3) is 0.409. The zero-order valence-corrected chi connectivity index (χ0v) is 16.8. The van der Waals surface area contributed by atoms with E-state index in [1.165, 1.54) is 0 Å². The predicted molar refractivity (Wildman–Crippen MR) is 107 cm³/mol. The fourth-order valence-corrected chi connectivity index (χ4v) is 5.52. The van der Waals surface area contributed by atoms with Gasteiger partial charge < -0.3 is 0 Å². The van der Waals surface area contributed by atoms with Crippen LogP contribution in [0, 0.1) is 6.92 Å². The first kappa shape index (κ1) is 19.8. The Kier molecular flexibility index (Phi) is 5.82. The molecule has 1 saturated carbocycles. The van der Waals surface area contributed by atoms with Crippen molar-refractivity contribution in [1.29, 1.82) is 0 Å². The van der Waals surface area contributed by atoms with Crippen LogP contribution in [-0.4, -0.2) is 20.2 Å². The molecule has 144 valence electrons. The van der Waals surface area contributed by atoms with Gasteiger partial charge in [-0.25, -0.2) is 13.1 Å². The average molecular weight is 386 g/mol. The summed E-state index contributed by atoms with van der Waals surface area (Å²) >= 11 is 0. The Balaban J connectivity index is 2.03. The van der Waals surface area contributed by atoms with E-state index in [-0.39, 0.29) is 10.7 Å². The number of hydrogen-bond acceptors (Lipinski definition) is 3. The van der Waals surface area contributed by atoms with Crippen molar-refractivity contribution in [2.45, 2.75) is 62.3 Å². The summed E-state index contributed by atoms with van der Waals surface area (Å²) in [5.74, 6) is 0.102. The number of hydrogen-bond donors (Lipinski definition) is 1. The molecule has 3 rings (SSSR count). The van der Waals surface area contributed by atoms with E-state index >= 15 is 0 Å². The van der Waals surface area contributed by atoms with Crippen LogP contribution in [0.3, 0.4) is 0 Å². The van der Waals surface area contributed by atoms with Gasteiger partial charge in [0.2, 0.25) is 10.0 Å². The Morgan fingerprint density at radius 2 is 1.74 bits per heavy atom. The zero-order valence-electron chi connectivity index (χ0n) is 15.9. The normalized spacial score (nSPS) is 23.1.